The van der Waals surface area contributed by atoms with Gasteiger partial charge in [-0.1, -0.05) is 0 Å². The lowest BCUT2D eigenvalue weighted by molar-refractivity contribution is 0.570. The van der Waals surface area contributed by atoms with E-state index in [4.69, 9.17) is 0 Å². The summed E-state index contributed by atoms with van der Waals surface area (Å²) in [7, 11) is -3.42. The van der Waals surface area contributed by atoms with E-state index in [2.05, 4.69) is 20.0 Å². The Labute approximate surface area is 125 Å². The van der Waals surface area contributed by atoms with Crippen LogP contribution >= 0.6 is 0 Å². The number of nitrogens with one attached hydrogen (secondary N) is 3. The molecule has 0 aliphatic carbocycles. The zero-order valence-corrected chi connectivity index (χ0v) is 12.9. The molecule has 6 nitrogen and oxygen atoms in total. The van der Waals surface area contributed by atoms with E-state index in [0.717, 1.165) is 24.3 Å². The average molecular weight is 308 g/mol. The molecule has 1 heterocycles. The van der Waals surface area contributed by atoms with E-state index < -0.39 is 10.0 Å². The molecule has 0 fully saturated rings. The summed E-state index contributed by atoms with van der Waals surface area (Å²) >= 11 is 0. The highest BCUT2D eigenvalue weighted by atomic mass is 32.2. The maximum Gasteiger partial charge on any atom is 0.240 e. The molecule has 0 saturated heterocycles. The van der Waals surface area contributed by atoms with Crippen molar-refractivity contribution < 1.29 is 8.42 Å². The van der Waals surface area contributed by atoms with Crippen LogP contribution in [-0.2, 0) is 16.4 Å². The normalized spacial score (nSPS) is 11.8. The number of hydrogen-bond donors (Lipinski definition) is 3. The fourth-order valence-corrected chi connectivity index (χ4v) is 3.14. The van der Waals surface area contributed by atoms with Gasteiger partial charge in [-0.3, -0.25) is 0 Å². The second kappa shape index (κ2) is 6.73. The van der Waals surface area contributed by atoms with Gasteiger partial charge >= 0.3 is 0 Å². The van der Waals surface area contributed by atoms with Crippen LogP contribution in [0.25, 0.3) is 0 Å². The smallest absolute Gasteiger partial charge is 0.240 e. The van der Waals surface area contributed by atoms with Gasteiger partial charge < -0.3 is 10.3 Å². The molecule has 0 aliphatic heterocycles. The minimum atomic E-state index is -3.42. The van der Waals surface area contributed by atoms with E-state index in [1.165, 1.54) is 0 Å². The molecule has 0 atom stereocenters. The molecule has 0 bridgehead atoms. The highest BCUT2D eigenvalue weighted by molar-refractivity contribution is 7.89. The van der Waals surface area contributed by atoms with E-state index >= 15 is 0 Å². The first-order valence-corrected chi connectivity index (χ1v) is 8.29. The van der Waals surface area contributed by atoms with Gasteiger partial charge in [0.1, 0.15) is 0 Å². The van der Waals surface area contributed by atoms with Gasteiger partial charge in [0.2, 0.25) is 10.0 Å². The van der Waals surface area contributed by atoms with E-state index in [-0.39, 0.29) is 10.9 Å². The Kier molecular flexibility index (Phi) is 4.98. The molecule has 0 unspecified atom stereocenters. The molecule has 0 aliphatic rings. The summed E-state index contributed by atoms with van der Waals surface area (Å²) in [5.41, 5.74) is 1.95. The van der Waals surface area contributed by atoms with Crippen molar-refractivity contribution in [3.05, 3.63) is 42.5 Å². The van der Waals surface area contributed by atoms with Crippen LogP contribution in [0.1, 0.15) is 19.5 Å². The number of nitrogens with zero attached hydrogens (tertiary/aromatic N) is 1. The summed E-state index contributed by atoms with van der Waals surface area (Å²) in [5.74, 6) is 0. The van der Waals surface area contributed by atoms with Crippen LogP contribution in [0.3, 0.4) is 0 Å². The van der Waals surface area contributed by atoms with Gasteiger partial charge in [0.15, 0.2) is 0 Å². The van der Waals surface area contributed by atoms with Gasteiger partial charge in [-0.2, -0.15) is 0 Å². The van der Waals surface area contributed by atoms with Gasteiger partial charge in [0.25, 0.3) is 0 Å². The molecule has 7 heteroatoms. The second-order valence-corrected chi connectivity index (χ2v) is 6.77. The van der Waals surface area contributed by atoms with Gasteiger partial charge in [-0.05, 0) is 38.1 Å². The van der Waals surface area contributed by atoms with E-state index in [1.54, 1.807) is 50.6 Å². The van der Waals surface area contributed by atoms with Crippen LogP contribution in [0, 0.1) is 0 Å². The van der Waals surface area contributed by atoms with Crippen LogP contribution in [-0.4, -0.2) is 31.0 Å². The first-order chi connectivity index (χ1) is 9.97. The molecular formula is C14H20N4O2S. The van der Waals surface area contributed by atoms with Crippen LogP contribution in [0.2, 0.25) is 0 Å². The summed E-state index contributed by atoms with van der Waals surface area (Å²) in [5, 5.41) is 3.24. The van der Waals surface area contributed by atoms with Crippen molar-refractivity contribution in [2.45, 2.75) is 31.2 Å². The molecule has 114 valence electrons. The summed E-state index contributed by atoms with van der Waals surface area (Å²) in [6, 6.07) is 6.61. The molecule has 1 aromatic carbocycles. The number of benzene rings is 1. The molecule has 0 radical (unpaired) electrons. The first kappa shape index (κ1) is 15.5. The number of H-pyrrole nitrogens is 1. The molecule has 1 aromatic heterocycles. The molecule has 3 N–H and O–H groups in total. The van der Waals surface area contributed by atoms with Gasteiger partial charge in [0, 0.05) is 36.6 Å². The summed E-state index contributed by atoms with van der Waals surface area (Å²) < 4.78 is 26.5. The zero-order chi connectivity index (χ0) is 15.3. The van der Waals surface area contributed by atoms with Crippen LogP contribution < -0.4 is 10.0 Å². The average Bonchev–Trinajstić information content (AvgIpc) is 2.91. The highest BCUT2D eigenvalue weighted by Crippen LogP contribution is 2.14. The Balaban J connectivity index is 1.92. The van der Waals surface area contributed by atoms with E-state index in [1.807, 2.05) is 0 Å². The SMILES string of the molecule is CC(C)NS(=O)(=O)c1ccc(NCCc2cnc[nH]2)cc1. The second-order valence-electron chi connectivity index (χ2n) is 5.05. The van der Waals surface area contributed by atoms with Crippen molar-refractivity contribution in [1.82, 2.24) is 14.7 Å². The van der Waals surface area contributed by atoms with Crippen molar-refractivity contribution >= 4 is 15.7 Å². The topological polar surface area (TPSA) is 86.9 Å². The first-order valence-electron chi connectivity index (χ1n) is 6.81. The lowest BCUT2D eigenvalue weighted by Crippen LogP contribution is -2.30. The quantitative estimate of drug-likeness (QED) is 0.727. The third-order valence-corrected chi connectivity index (χ3v) is 4.51. The molecule has 0 amide bonds. The van der Waals surface area contributed by atoms with Gasteiger partial charge in [-0.15, -0.1) is 0 Å². The van der Waals surface area contributed by atoms with Crippen LogP contribution in [0.4, 0.5) is 5.69 Å². The van der Waals surface area contributed by atoms with Crippen molar-refractivity contribution in [3.8, 4) is 0 Å². The summed E-state index contributed by atoms with van der Waals surface area (Å²) in [4.78, 5) is 7.26. The standard InChI is InChI=1S/C14H20N4O2S/c1-11(2)18-21(19,20)14-5-3-12(4-6-14)16-8-7-13-9-15-10-17-13/h3-6,9-11,16,18H,7-8H2,1-2H3,(H,15,17). The van der Waals surface area contributed by atoms with Gasteiger partial charge in [-0.25, -0.2) is 18.1 Å². The molecule has 0 saturated carbocycles. The molecular weight excluding hydrogens is 288 g/mol. The highest BCUT2D eigenvalue weighted by Gasteiger charge is 2.14. The number of aromatic amines is 1. The fraction of sp³-hybridized carbons (Fsp3) is 0.357. The summed E-state index contributed by atoms with van der Waals surface area (Å²) in [6.07, 6.45) is 4.26. The number of rotatable bonds is 7. The number of aromatic nitrogens is 2. The Morgan fingerprint density at radius 3 is 2.52 bits per heavy atom. The Hall–Kier alpha value is -1.86. The van der Waals surface area contributed by atoms with Crippen LogP contribution in [0.15, 0.2) is 41.7 Å². The predicted molar refractivity (Wildman–Crippen MR) is 82.7 cm³/mol. The van der Waals surface area contributed by atoms with Crippen molar-refractivity contribution in [2.24, 2.45) is 0 Å². The maximum absolute atomic E-state index is 12.0. The number of anilines is 1. The largest absolute Gasteiger partial charge is 0.385 e. The van der Waals surface area contributed by atoms with Crippen molar-refractivity contribution in [3.63, 3.8) is 0 Å². The number of imidazole rings is 1. The summed E-state index contributed by atoms with van der Waals surface area (Å²) in [6.45, 7) is 4.34. The minimum Gasteiger partial charge on any atom is -0.385 e. The fourth-order valence-electron chi connectivity index (χ4n) is 1.89. The van der Waals surface area contributed by atoms with E-state index in [0.29, 0.717) is 0 Å². The monoisotopic (exact) mass is 308 g/mol. The third kappa shape index (κ3) is 4.57. The third-order valence-electron chi connectivity index (χ3n) is 2.83. The molecule has 21 heavy (non-hydrogen) atoms. The maximum atomic E-state index is 12.0. The predicted octanol–water partition coefficient (Wildman–Crippen LogP) is 1.75. The van der Waals surface area contributed by atoms with Gasteiger partial charge in [0.05, 0.1) is 11.2 Å². The molecule has 2 rings (SSSR count). The Bertz CT molecular complexity index is 649. The van der Waals surface area contributed by atoms with E-state index in [9.17, 15) is 8.42 Å². The van der Waals surface area contributed by atoms with Crippen molar-refractivity contribution in [2.75, 3.05) is 11.9 Å². The number of hydrogen-bond acceptors (Lipinski definition) is 4. The van der Waals surface area contributed by atoms with Crippen LogP contribution in [0.5, 0.6) is 0 Å². The Morgan fingerprint density at radius 2 is 1.95 bits per heavy atom. The Morgan fingerprint density at radius 1 is 1.24 bits per heavy atom. The zero-order valence-electron chi connectivity index (χ0n) is 12.1. The number of sulfonamides is 1. The molecule has 0 spiro atoms. The lowest BCUT2D eigenvalue weighted by Gasteiger charge is -2.10. The minimum absolute atomic E-state index is 0.123. The molecule has 2 aromatic rings. The lowest BCUT2D eigenvalue weighted by atomic mass is 10.3. The van der Waals surface area contributed by atoms with Crippen molar-refractivity contribution in [1.29, 1.82) is 0 Å².